The molecule has 0 heterocycles. The van der Waals surface area contributed by atoms with Gasteiger partial charge < -0.3 is 25.3 Å². The van der Waals surface area contributed by atoms with Crippen molar-refractivity contribution in [3.63, 3.8) is 0 Å². The molecule has 0 radical (unpaired) electrons. The Bertz CT molecular complexity index is 3820. The Morgan fingerprint density at radius 2 is 0.536 bits per heavy atom. The summed E-state index contributed by atoms with van der Waals surface area (Å²) in [6.45, 7) is 31.3. The van der Waals surface area contributed by atoms with Gasteiger partial charge in [-0.25, -0.2) is 19.4 Å². The van der Waals surface area contributed by atoms with Crippen LogP contribution in [0.5, 0.6) is 0 Å². The van der Waals surface area contributed by atoms with E-state index in [2.05, 4.69) is 73.7 Å². The number of carboxylic acids is 4. The summed E-state index contributed by atoms with van der Waals surface area (Å²) < 4.78 is 0. The molecule has 0 aliphatic carbocycles. The van der Waals surface area contributed by atoms with Crippen LogP contribution in [0.15, 0.2) is 223 Å². The maximum absolute atomic E-state index is 11.6. The summed E-state index contributed by atoms with van der Waals surface area (Å²) in [4.78, 5) is 61.1. The van der Waals surface area contributed by atoms with Crippen LogP contribution < -0.4 is 4.90 Å². The van der Waals surface area contributed by atoms with Crippen LogP contribution >= 0.6 is 0 Å². The number of hydrogen-bond donors (Lipinski definition) is 4. The Morgan fingerprint density at radius 1 is 0.310 bits per heavy atom. The largest absolute Gasteiger partial charge is 0.486 e. The smallest absolute Gasteiger partial charge is 0.333 e. The first-order valence-corrected chi connectivity index (χ1v) is 25.6. The minimum absolute atomic E-state index is 0.428. The van der Waals surface area contributed by atoms with Gasteiger partial charge in [-0.15, -0.1) is 0 Å². The third-order valence-corrected chi connectivity index (χ3v) is 13.1. The molecular weight excluding hydrogens is 1050 g/mol. The first-order chi connectivity index (χ1) is 40.6. The minimum atomic E-state index is -1.33. The van der Waals surface area contributed by atoms with Crippen LogP contribution in [0.4, 0.5) is 17.1 Å². The number of carboxylic acid groups (broad SMARTS) is 4. The molecule has 8 rings (SSSR count). The van der Waals surface area contributed by atoms with Gasteiger partial charge in [0.1, 0.15) is 0 Å². The van der Waals surface area contributed by atoms with E-state index in [1.807, 2.05) is 127 Å². The van der Waals surface area contributed by atoms with Gasteiger partial charge in [0.2, 0.25) is 0 Å². The molecule has 0 amide bonds. The molecule has 4 N–H and O–H groups in total. The van der Waals surface area contributed by atoms with Crippen LogP contribution in [0.25, 0.3) is 78.6 Å². The van der Waals surface area contributed by atoms with Gasteiger partial charge in [0.05, 0.1) is 26.3 Å². The summed E-state index contributed by atoms with van der Waals surface area (Å²) in [6.07, 6.45) is 11.3. The molecule has 13 nitrogen and oxygen atoms in total. The lowest BCUT2D eigenvalue weighted by molar-refractivity contribution is -0.133. The molecule has 0 fully saturated rings. The van der Waals surface area contributed by atoms with Crippen molar-refractivity contribution in [1.82, 2.24) is 0 Å². The van der Waals surface area contributed by atoms with E-state index in [9.17, 15) is 39.6 Å². The second-order valence-corrected chi connectivity index (χ2v) is 18.7. The molecule has 0 spiro atoms. The van der Waals surface area contributed by atoms with Gasteiger partial charge in [-0.05, 0) is 163 Å². The van der Waals surface area contributed by atoms with Gasteiger partial charge in [0.25, 0.3) is 22.8 Å². The Kier molecular flexibility index (Phi) is 18.5. The average molecular weight is 1100 g/mol. The summed E-state index contributed by atoms with van der Waals surface area (Å²) in [7, 11) is 0. The molecule has 0 aliphatic heterocycles. The van der Waals surface area contributed by atoms with Gasteiger partial charge in [-0.2, -0.15) is 0 Å². The Morgan fingerprint density at radius 3 is 0.774 bits per heavy atom. The highest BCUT2D eigenvalue weighted by Gasteiger charge is 2.16. The number of nitrogens with zero attached hydrogens (tertiary/aromatic N) is 5. The highest BCUT2D eigenvalue weighted by atomic mass is 16.4. The quantitative estimate of drug-likeness (QED) is 0.0350. The zero-order chi connectivity index (χ0) is 59.7. The van der Waals surface area contributed by atoms with Crippen LogP contribution in [0.1, 0.15) is 73.7 Å². The van der Waals surface area contributed by atoms with E-state index in [0.29, 0.717) is 22.3 Å². The first kappa shape index (κ1) is 57.7. The van der Waals surface area contributed by atoms with Crippen molar-refractivity contribution in [2.45, 2.75) is 6.92 Å². The SMILES string of the molecule is [C-]#[N+]/C(=C\c1ccc(C(=Cc2ccc(N(c3ccc(C=C(c4ccc(/C=C(\[N+]#[C-])C(=O)O)cc4)c4ccc(/C=C(\[N+]#[C-])C(=O)O)cc4)cc3)c3ccc(/C=C(\C)c4ccccc4)cc3)cc2)c2ccc(/C=C(\[N+]#[C-])C(=O)O)cc2)cc1)C(=O)O. The molecule has 404 valence electrons. The fraction of sp³-hybridized carbons (Fsp3) is 0.0141. The summed E-state index contributed by atoms with van der Waals surface area (Å²) in [5, 5.41) is 37.9. The number of benzene rings is 8. The van der Waals surface area contributed by atoms with Crippen molar-refractivity contribution < 1.29 is 39.6 Å². The third kappa shape index (κ3) is 14.6. The number of aliphatic carboxylic acids is 4. The number of hydrogen-bond acceptors (Lipinski definition) is 5. The van der Waals surface area contributed by atoms with E-state index in [1.165, 1.54) is 24.3 Å². The normalized spacial score (nSPS) is 11.6. The molecule has 0 aliphatic rings. The van der Waals surface area contributed by atoms with Crippen molar-refractivity contribution in [3.05, 3.63) is 335 Å². The third-order valence-electron chi connectivity index (χ3n) is 13.1. The zero-order valence-electron chi connectivity index (χ0n) is 44.8. The molecule has 0 saturated carbocycles. The van der Waals surface area contributed by atoms with Gasteiger partial charge in [-0.3, -0.25) is 19.2 Å². The van der Waals surface area contributed by atoms with Crippen LogP contribution in [0, 0.1) is 26.3 Å². The fourth-order valence-electron chi connectivity index (χ4n) is 8.87. The molecule has 8 aromatic rings. The second-order valence-electron chi connectivity index (χ2n) is 18.7. The van der Waals surface area contributed by atoms with Gasteiger partial charge in [0.15, 0.2) is 0 Å². The summed E-state index contributed by atoms with van der Waals surface area (Å²) >= 11 is 0. The van der Waals surface area contributed by atoms with E-state index in [4.69, 9.17) is 26.3 Å². The lowest BCUT2D eigenvalue weighted by Gasteiger charge is -2.26. The number of rotatable bonds is 19. The maximum Gasteiger partial charge on any atom is 0.333 e. The van der Waals surface area contributed by atoms with Crippen LogP contribution in [-0.2, 0) is 19.2 Å². The Hall–Kier alpha value is -12.4. The fourth-order valence-corrected chi connectivity index (χ4v) is 8.87. The molecule has 8 aromatic carbocycles. The Labute approximate surface area is 484 Å². The van der Waals surface area contributed by atoms with Crippen molar-refractivity contribution >= 4 is 100 Å². The topological polar surface area (TPSA) is 170 Å². The average Bonchev–Trinajstić information content (AvgIpc) is 3.64. The molecule has 0 atom stereocenters. The highest BCUT2D eigenvalue weighted by Crippen LogP contribution is 2.37. The molecule has 0 aromatic heterocycles. The molecule has 0 bridgehead atoms. The van der Waals surface area contributed by atoms with E-state index < -0.39 is 46.7 Å². The minimum Gasteiger partial charge on any atom is -0.486 e. The predicted molar refractivity (Wildman–Crippen MR) is 330 cm³/mol. The number of allylic oxidation sites excluding steroid dienone is 1. The lowest BCUT2D eigenvalue weighted by atomic mass is 9.94. The van der Waals surface area contributed by atoms with E-state index in [0.717, 1.165) is 78.3 Å². The Balaban J connectivity index is 1.21. The number of carbonyl (C=O) groups is 4. The molecular formula is C71H47N5O8. The van der Waals surface area contributed by atoms with Crippen molar-refractivity contribution in [2.75, 3.05) is 4.90 Å². The van der Waals surface area contributed by atoms with E-state index >= 15 is 0 Å². The number of anilines is 3. The monoisotopic (exact) mass is 1100 g/mol. The first-order valence-electron chi connectivity index (χ1n) is 25.6. The molecule has 84 heavy (non-hydrogen) atoms. The summed E-state index contributed by atoms with van der Waals surface area (Å²) in [5.41, 5.74) is 12.4. The van der Waals surface area contributed by atoms with Crippen molar-refractivity contribution in [2.24, 2.45) is 0 Å². The van der Waals surface area contributed by atoms with Gasteiger partial charge in [-0.1, -0.05) is 170 Å². The van der Waals surface area contributed by atoms with Crippen LogP contribution in [0.2, 0.25) is 0 Å². The standard InChI is InChI=1S/C71H47N5O8/c1-46(54-9-7-6-8-10-54)39-47-19-33-59(34-20-47)76(60-35-21-48(22-36-60)40-62(55-25-11-50(12-26-55)42-64(72-2)68(77)78)56-27-13-51(14-28-56)43-65(73-3)69(79)80)61-37-23-49(24-38-61)41-63(57-29-15-52(16-30-57)44-66(74-4)70(81)82)58-31-17-53(18-32-58)45-67(75-5)71(83)84/h6-45H,1H3,(H,77,78)(H,79,80)(H,81,82)(H,83,84)/b46-39+,64-42-,65-43-,66-44-,67-45-. The van der Waals surface area contributed by atoms with Crippen molar-refractivity contribution in [3.8, 4) is 0 Å². The van der Waals surface area contributed by atoms with E-state index in [-0.39, 0.29) is 0 Å². The van der Waals surface area contributed by atoms with Crippen LogP contribution in [-0.4, -0.2) is 44.3 Å². The predicted octanol–water partition coefficient (Wildman–Crippen LogP) is 16.3. The summed E-state index contributed by atoms with van der Waals surface area (Å²) in [5.74, 6) is -5.34. The van der Waals surface area contributed by atoms with E-state index in [1.54, 1.807) is 48.5 Å². The zero-order valence-corrected chi connectivity index (χ0v) is 44.8. The molecule has 13 heteroatoms. The summed E-state index contributed by atoms with van der Waals surface area (Å²) in [6, 6.07) is 62.7. The van der Waals surface area contributed by atoms with Gasteiger partial charge >= 0.3 is 23.9 Å². The molecule has 0 saturated heterocycles. The molecule has 0 unspecified atom stereocenters. The second kappa shape index (κ2) is 27.0. The lowest BCUT2D eigenvalue weighted by Crippen LogP contribution is -2.09. The van der Waals surface area contributed by atoms with Gasteiger partial charge in [0, 0.05) is 17.1 Å². The highest BCUT2D eigenvalue weighted by molar-refractivity contribution is 5.98. The van der Waals surface area contributed by atoms with Crippen molar-refractivity contribution in [1.29, 1.82) is 0 Å². The maximum atomic E-state index is 11.6. The van der Waals surface area contributed by atoms with Crippen LogP contribution in [0.3, 0.4) is 0 Å².